The summed E-state index contributed by atoms with van der Waals surface area (Å²) in [7, 11) is 0. The van der Waals surface area contributed by atoms with Crippen molar-refractivity contribution < 1.29 is 0 Å². The van der Waals surface area contributed by atoms with Crippen molar-refractivity contribution in [2.24, 2.45) is 5.92 Å². The maximum absolute atomic E-state index is 5.88. The number of hydrogen-bond donors (Lipinski definition) is 0. The van der Waals surface area contributed by atoms with E-state index in [0.717, 1.165) is 11.6 Å². The molecule has 0 bridgehead atoms. The number of nitrogens with zero attached hydrogens (tertiary/aromatic N) is 2. The Morgan fingerprint density at radius 1 is 1.50 bits per heavy atom. The second kappa shape index (κ2) is 4.35. The standard InChI is InChI=1S/C11H17ClN2/c1-9-4-2-3-5-11(9)14-8-13-7-10(14)6-12/h7-9,11H,2-6H2,1H3. The smallest absolute Gasteiger partial charge is 0.0951 e. The summed E-state index contributed by atoms with van der Waals surface area (Å²) in [6, 6.07) is 0.625. The molecule has 2 atom stereocenters. The highest BCUT2D eigenvalue weighted by Gasteiger charge is 2.23. The Kier molecular flexibility index (Phi) is 3.12. The molecular weight excluding hydrogens is 196 g/mol. The van der Waals surface area contributed by atoms with Crippen molar-refractivity contribution in [2.75, 3.05) is 0 Å². The van der Waals surface area contributed by atoms with Gasteiger partial charge in [0.2, 0.25) is 0 Å². The highest BCUT2D eigenvalue weighted by atomic mass is 35.5. The number of imidazole rings is 1. The minimum Gasteiger partial charge on any atom is -0.330 e. The maximum Gasteiger partial charge on any atom is 0.0951 e. The first-order chi connectivity index (χ1) is 6.83. The van der Waals surface area contributed by atoms with Gasteiger partial charge in [0.15, 0.2) is 0 Å². The Morgan fingerprint density at radius 3 is 3.00 bits per heavy atom. The van der Waals surface area contributed by atoms with Gasteiger partial charge in [0.05, 0.1) is 17.9 Å². The van der Waals surface area contributed by atoms with Gasteiger partial charge in [-0.05, 0) is 18.8 Å². The molecule has 1 fully saturated rings. The molecular formula is C11H17ClN2. The molecule has 2 nitrogen and oxygen atoms in total. The van der Waals surface area contributed by atoms with Crippen LogP contribution in [0.1, 0.15) is 44.3 Å². The van der Waals surface area contributed by atoms with Crippen LogP contribution in [0.5, 0.6) is 0 Å². The number of hydrogen-bond acceptors (Lipinski definition) is 1. The van der Waals surface area contributed by atoms with Gasteiger partial charge < -0.3 is 4.57 Å². The third-order valence-corrected chi connectivity index (χ3v) is 3.58. The number of rotatable bonds is 2. The fraction of sp³-hybridized carbons (Fsp3) is 0.727. The Hall–Kier alpha value is -0.500. The van der Waals surface area contributed by atoms with E-state index in [1.807, 2.05) is 12.5 Å². The molecule has 2 rings (SSSR count). The van der Waals surface area contributed by atoms with E-state index in [0.29, 0.717) is 11.9 Å². The molecule has 1 saturated carbocycles. The molecule has 0 spiro atoms. The van der Waals surface area contributed by atoms with Gasteiger partial charge in [0.25, 0.3) is 0 Å². The van der Waals surface area contributed by atoms with Crippen molar-refractivity contribution in [1.29, 1.82) is 0 Å². The Bertz CT molecular complexity index is 295. The summed E-state index contributed by atoms with van der Waals surface area (Å²) in [5.41, 5.74) is 1.16. The van der Waals surface area contributed by atoms with Crippen LogP contribution in [-0.4, -0.2) is 9.55 Å². The Morgan fingerprint density at radius 2 is 2.29 bits per heavy atom. The van der Waals surface area contributed by atoms with Gasteiger partial charge in [-0.2, -0.15) is 0 Å². The SMILES string of the molecule is CC1CCCCC1n1cncc1CCl. The van der Waals surface area contributed by atoms with Crippen LogP contribution in [0.25, 0.3) is 0 Å². The van der Waals surface area contributed by atoms with Crippen LogP contribution in [-0.2, 0) is 5.88 Å². The molecule has 1 aromatic heterocycles. The summed E-state index contributed by atoms with van der Waals surface area (Å²) >= 11 is 5.88. The molecule has 0 saturated heterocycles. The molecule has 2 unspecified atom stereocenters. The molecule has 0 aliphatic heterocycles. The second-order valence-electron chi connectivity index (χ2n) is 4.25. The topological polar surface area (TPSA) is 17.8 Å². The van der Waals surface area contributed by atoms with Crippen LogP contribution in [0.2, 0.25) is 0 Å². The average Bonchev–Trinajstić information content (AvgIpc) is 2.66. The van der Waals surface area contributed by atoms with Crippen molar-refractivity contribution in [3.63, 3.8) is 0 Å². The largest absolute Gasteiger partial charge is 0.330 e. The van der Waals surface area contributed by atoms with Gasteiger partial charge >= 0.3 is 0 Å². The van der Waals surface area contributed by atoms with E-state index < -0.39 is 0 Å². The Balaban J connectivity index is 2.20. The van der Waals surface area contributed by atoms with Crippen LogP contribution < -0.4 is 0 Å². The summed E-state index contributed by atoms with van der Waals surface area (Å²) in [6.07, 6.45) is 9.15. The van der Waals surface area contributed by atoms with Gasteiger partial charge in [0.1, 0.15) is 0 Å². The van der Waals surface area contributed by atoms with E-state index >= 15 is 0 Å². The molecule has 1 aliphatic carbocycles. The summed E-state index contributed by atoms with van der Waals surface area (Å²) in [4.78, 5) is 4.18. The van der Waals surface area contributed by atoms with Crippen molar-refractivity contribution in [3.05, 3.63) is 18.2 Å². The molecule has 78 valence electrons. The quantitative estimate of drug-likeness (QED) is 0.688. The minimum atomic E-state index is 0.573. The molecule has 14 heavy (non-hydrogen) atoms. The molecule has 1 aliphatic rings. The van der Waals surface area contributed by atoms with E-state index in [1.165, 1.54) is 25.7 Å². The normalized spacial score (nSPS) is 27.9. The highest BCUT2D eigenvalue weighted by Crippen LogP contribution is 2.34. The highest BCUT2D eigenvalue weighted by molar-refractivity contribution is 6.16. The summed E-state index contributed by atoms with van der Waals surface area (Å²) < 4.78 is 2.27. The number of aromatic nitrogens is 2. The van der Waals surface area contributed by atoms with Crippen LogP contribution in [0.4, 0.5) is 0 Å². The van der Waals surface area contributed by atoms with Gasteiger partial charge in [0, 0.05) is 12.2 Å². The Labute approximate surface area is 90.3 Å². The summed E-state index contributed by atoms with van der Waals surface area (Å²) in [5.74, 6) is 1.34. The van der Waals surface area contributed by atoms with Gasteiger partial charge in [-0.25, -0.2) is 4.98 Å². The first kappa shape index (κ1) is 10.0. The first-order valence-corrected chi connectivity index (χ1v) is 5.93. The second-order valence-corrected chi connectivity index (χ2v) is 4.52. The lowest BCUT2D eigenvalue weighted by Crippen LogP contribution is -2.21. The predicted molar refractivity (Wildman–Crippen MR) is 58.5 cm³/mol. The molecule has 0 N–H and O–H groups in total. The van der Waals surface area contributed by atoms with Crippen molar-refractivity contribution >= 4 is 11.6 Å². The summed E-state index contributed by atoms with van der Waals surface area (Å²) in [6.45, 7) is 2.34. The number of halogens is 1. The van der Waals surface area contributed by atoms with Crippen molar-refractivity contribution in [1.82, 2.24) is 9.55 Å². The zero-order valence-corrected chi connectivity index (χ0v) is 9.37. The molecule has 0 amide bonds. The molecule has 1 heterocycles. The fourth-order valence-corrected chi connectivity index (χ4v) is 2.65. The van der Waals surface area contributed by atoms with Crippen LogP contribution in [0, 0.1) is 5.92 Å². The lowest BCUT2D eigenvalue weighted by atomic mass is 9.86. The van der Waals surface area contributed by atoms with Crippen molar-refractivity contribution in [2.45, 2.75) is 44.5 Å². The van der Waals surface area contributed by atoms with Crippen LogP contribution in [0.15, 0.2) is 12.5 Å². The molecule has 1 aromatic rings. The third-order valence-electron chi connectivity index (χ3n) is 3.31. The number of alkyl halides is 1. The third kappa shape index (κ3) is 1.81. The van der Waals surface area contributed by atoms with E-state index in [1.54, 1.807) is 0 Å². The zero-order chi connectivity index (χ0) is 9.97. The molecule has 3 heteroatoms. The van der Waals surface area contributed by atoms with Crippen LogP contribution >= 0.6 is 11.6 Å². The van der Waals surface area contributed by atoms with Gasteiger partial charge in [-0.3, -0.25) is 0 Å². The van der Waals surface area contributed by atoms with Crippen LogP contribution in [0.3, 0.4) is 0 Å². The predicted octanol–water partition coefficient (Wildman–Crippen LogP) is 3.37. The lowest BCUT2D eigenvalue weighted by Gasteiger charge is -2.30. The molecule has 0 radical (unpaired) electrons. The van der Waals surface area contributed by atoms with Gasteiger partial charge in [-0.15, -0.1) is 11.6 Å². The molecule has 0 aromatic carbocycles. The van der Waals surface area contributed by atoms with E-state index in [4.69, 9.17) is 11.6 Å². The summed E-state index contributed by atoms with van der Waals surface area (Å²) in [5, 5.41) is 0. The van der Waals surface area contributed by atoms with E-state index in [-0.39, 0.29) is 0 Å². The van der Waals surface area contributed by atoms with E-state index in [9.17, 15) is 0 Å². The van der Waals surface area contributed by atoms with Crippen molar-refractivity contribution in [3.8, 4) is 0 Å². The monoisotopic (exact) mass is 212 g/mol. The lowest BCUT2D eigenvalue weighted by molar-refractivity contribution is 0.254. The first-order valence-electron chi connectivity index (χ1n) is 5.39. The average molecular weight is 213 g/mol. The van der Waals surface area contributed by atoms with E-state index in [2.05, 4.69) is 16.5 Å². The fourth-order valence-electron chi connectivity index (χ4n) is 2.44. The maximum atomic E-state index is 5.88. The van der Waals surface area contributed by atoms with Gasteiger partial charge in [-0.1, -0.05) is 19.8 Å². The minimum absolute atomic E-state index is 0.573. The zero-order valence-electron chi connectivity index (χ0n) is 8.62.